The zero-order valence-corrected chi connectivity index (χ0v) is 34.6. The van der Waals surface area contributed by atoms with Crippen molar-refractivity contribution < 1.29 is 36.9 Å². The zero-order valence-electron chi connectivity index (χ0n) is 33.0. The van der Waals surface area contributed by atoms with E-state index in [0.717, 1.165) is 76.0 Å². The molecule has 3 heterocycles. The first-order valence-electron chi connectivity index (χ1n) is 19.7. The summed E-state index contributed by atoms with van der Waals surface area (Å²) in [5.74, 6) is -0.784. The topological polar surface area (TPSA) is 141 Å². The second-order valence-corrected chi connectivity index (χ2v) is 17.2. The maximum absolute atomic E-state index is 13.7. The maximum atomic E-state index is 13.7. The Balaban J connectivity index is 0.973. The fraction of sp³-hybridized carbons (Fsp3) is 0.537. The first-order chi connectivity index (χ1) is 27.3. The van der Waals surface area contributed by atoms with E-state index in [1.165, 1.54) is 11.0 Å². The first kappa shape index (κ1) is 43.2. The van der Waals surface area contributed by atoms with Gasteiger partial charge in [0.05, 0.1) is 29.5 Å². The smallest absolute Gasteiger partial charge is 0.374 e. The standard InChI is InChI=1S/C41H48ClF3N8O4S/c1-24-21-50(22-25(2)51(24)23-36(55)48-30-17-28(42)16-29(18-30)47-34-13-14-35(54)49-37(34)56)15-5-6-26-7-10-31(11-8-26)53-39(58)52(38(57)40(53,3)4)32-12-9-27(20-46)33(19-32)41(43,44)45/h9,12,16-19,24-26,34,47H,5-8,10-11,13-15,21-23H2,1-4H3,(H-,48,49,54,55,56)/p+1/t24-,25+,26?,34?. The molecule has 1 aliphatic carbocycles. The van der Waals surface area contributed by atoms with E-state index in [1.807, 2.05) is 4.58 Å². The molecular weight excluding hydrogens is 793 g/mol. The van der Waals surface area contributed by atoms with Gasteiger partial charge < -0.3 is 15.5 Å². The Morgan fingerprint density at radius 1 is 1.03 bits per heavy atom. The molecule has 0 bridgehead atoms. The molecule has 0 aromatic heterocycles. The quantitative estimate of drug-likeness (QED) is 0.143. The summed E-state index contributed by atoms with van der Waals surface area (Å²) in [5, 5.41) is 18.2. The van der Waals surface area contributed by atoms with Crippen molar-refractivity contribution in [2.45, 2.75) is 109 Å². The lowest BCUT2D eigenvalue weighted by Gasteiger charge is -2.44. The molecular formula is C41H49ClF3N8O4S+. The van der Waals surface area contributed by atoms with Crippen LogP contribution in [0.4, 0.5) is 30.2 Å². The Kier molecular flexibility index (Phi) is 13.0. The van der Waals surface area contributed by atoms with Crippen LogP contribution < -0.4 is 20.9 Å². The molecule has 3 aliphatic heterocycles. The summed E-state index contributed by atoms with van der Waals surface area (Å²) in [4.78, 5) is 56.4. The highest BCUT2D eigenvalue weighted by atomic mass is 35.5. The number of carbonyl (C=O) groups is 4. The predicted octanol–water partition coefficient (Wildman–Crippen LogP) is 6.31. The third kappa shape index (κ3) is 9.54. The van der Waals surface area contributed by atoms with Crippen LogP contribution in [0.25, 0.3) is 0 Å². The molecule has 4 fully saturated rings. The second kappa shape index (κ2) is 17.4. The van der Waals surface area contributed by atoms with Gasteiger partial charge in [0, 0.05) is 73.1 Å². The summed E-state index contributed by atoms with van der Waals surface area (Å²) in [7, 11) is 0. The minimum atomic E-state index is -4.76. The van der Waals surface area contributed by atoms with Crippen molar-refractivity contribution >= 4 is 75.3 Å². The molecule has 4 amide bonds. The van der Waals surface area contributed by atoms with Crippen LogP contribution >= 0.6 is 23.8 Å². The fourth-order valence-corrected chi connectivity index (χ4v) is 9.57. The third-order valence-electron chi connectivity index (χ3n) is 11.7. The lowest BCUT2D eigenvalue weighted by molar-refractivity contribution is -0.468. The Labute approximate surface area is 346 Å². The van der Waals surface area contributed by atoms with Gasteiger partial charge in [-0.05, 0) is 109 Å². The highest BCUT2D eigenvalue weighted by Gasteiger charge is 2.57. The number of alkyl halides is 3. The van der Waals surface area contributed by atoms with Crippen LogP contribution in [0.3, 0.4) is 0 Å². The lowest BCUT2D eigenvalue weighted by atomic mass is 9.84. The number of amides is 4. The van der Waals surface area contributed by atoms with Crippen molar-refractivity contribution in [3.8, 4) is 6.07 Å². The largest absolute Gasteiger partial charge is 0.417 e. The van der Waals surface area contributed by atoms with Crippen LogP contribution in [0.1, 0.15) is 90.2 Å². The number of imide groups is 1. The highest BCUT2D eigenvalue weighted by Crippen LogP contribution is 2.38. The molecule has 12 nitrogen and oxygen atoms in total. The van der Waals surface area contributed by atoms with Gasteiger partial charge in [0.25, 0.3) is 0 Å². The van der Waals surface area contributed by atoms with Gasteiger partial charge in [-0.1, -0.05) is 11.6 Å². The van der Waals surface area contributed by atoms with Gasteiger partial charge >= 0.3 is 17.2 Å². The highest BCUT2D eigenvalue weighted by molar-refractivity contribution is 7.80. The van der Waals surface area contributed by atoms with Crippen molar-refractivity contribution in [1.82, 2.24) is 15.1 Å². The van der Waals surface area contributed by atoms with E-state index in [1.54, 1.807) is 38.1 Å². The predicted molar refractivity (Wildman–Crippen MR) is 219 cm³/mol. The molecule has 58 heavy (non-hydrogen) atoms. The van der Waals surface area contributed by atoms with E-state index in [2.05, 4.69) is 39.6 Å². The summed E-state index contributed by atoms with van der Waals surface area (Å²) < 4.78 is 43.1. The Morgan fingerprint density at radius 3 is 2.34 bits per heavy atom. The number of hydrogen-bond donors (Lipinski definition) is 3. The summed E-state index contributed by atoms with van der Waals surface area (Å²) in [6, 6.07) is 9.57. The number of nitriles is 1. The number of piperazine rings is 1. The number of anilines is 3. The van der Waals surface area contributed by atoms with Crippen LogP contribution in [-0.2, 0) is 25.4 Å². The van der Waals surface area contributed by atoms with Gasteiger partial charge in [0.15, 0.2) is 0 Å². The van der Waals surface area contributed by atoms with E-state index in [-0.39, 0.29) is 47.7 Å². The molecule has 310 valence electrons. The number of piperidine rings is 1. The Bertz CT molecular complexity index is 2050. The van der Waals surface area contributed by atoms with Gasteiger partial charge in [-0.25, -0.2) is 9.37 Å². The molecule has 3 saturated heterocycles. The SMILES string of the molecule is C[C@@H]1CN(CCCC2CCC(=[N+]3C(=S)N(c4ccc(C#N)c(C(F)(F)F)c4)C(=O)C3(C)C)CC2)C[C@H](C)N1CC(=O)Nc1cc(Cl)cc(NC2CCC(=O)NC2=O)c1. The Hall–Kier alpha value is -4.43. The maximum Gasteiger partial charge on any atom is 0.417 e. The number of nitrogens with zero attached hydrogens (tertiary/aromatic N) is 5. The summed E-state index contributed by atoms with van der Waals surface area (Å²) >= 11 is 12.1. The van der Waals surface area contributed by atoms with E-state index >= 15 is 0 Å². The van der Waals surface area contributed by atoms with E-state index in [9.17, 15) is 37.6 Å². The van der Waals surface area contributed by atoms with Gasteiger partial charge in [0.1, 0.15) is 11.7 Å². The van der Waals surface area contributed by atoms with Crippen molar-refractivity contribution in [2.24, 2.45) is 5.92 Å². The number of thiocarbonyl (C=S) groups is 1. The number of carbonyl (C=O) groups excluding carboxylic acids is 4. The van der Waals surface area contributed by atoms with Crippen molar-refractivity contribution in [2.75, 3.05) is 41.7 Å². The average Bonchev–Trinajstić information content (AvgIpc) is 3.32. The molecule has 6 rings (SSSR count). The number of rotatable bonds is 10. The van der Waals surface area contributed by atoms with Gasteiger partial charge in [0.2, 0.25) is 23.3 Å². The molecule has 2 aromatic rings. The third-order valence-corrected chi connectivity index (χ3v) is 12.3. The van der Waals surface area contributed by atoms with Gasteiger partial charge in [-0.15, -0.1) is 4.90 Å². The van der Waals surface area contributed by atoms with Gasteiger partial charge in [-0.2, -0.15) is 18.4 Å². The molecule has 3 N–H and O–H groups in total. The van der Waals surface area contributed by atoms with Crippen LogP contribution in [0, 0.1) is 17.2 Å². The molecule has 1 saturated carbocycles. The number of nitrogens with one attached hydrogen (secondary N) is 3. The average molecular weight is 842 g/mol. The van der Waals surface area contributed by atoms with Crippen LogP contribution in [0.2, 0.25) is 5.02 Å². The lowest BCUT2D eigenvalue weighted by Crippen LogP contribution is -2.58. The molecule has 4 aliphatic rings. The van der Waals surface area contributed by atoms with Gasteiger partial charge in [-0.3, -0.25) is 24.6 Å². The van der Waals surface area contributed by atoms with Crippen LogP contribution in [0.15, 0.2) is 36.4 Å². The normalized spacial score (nSPS) is 24.5. The Morgan fingerprint density at radius 2 is 1.71 bits per heavy atom. The van der Waals surface area contributed by atoms with E-state index in [0.29, 0.717) is 28.7 Å². The van der Waals surface area contributed by atoms with Crippen molar-refractivity contribution in [3.05, 3.63) is 52.5 Å². The number of hydrogen-bond acceptors (Lipinski definition) is 9. The minimum absolute atomic E-state index is 0.00634. The second-order valence-electron chi connectivity index (χ2n) is 16.4. The van der Waals surface area contributed by atoms with E-state index < -0.39 is 40.7 Å². The van der Waals surface area contributed by atoms with Crippen molar-refractivity contribution in [1.29, 1.82) is 5.26 Å². The zero-order chi connectivity index (χ0) is 42.1. The molecule has 0 spiro atoms. The van der Waals surface area contributed by atoms with Crippen molar-refractivity contribution in [3.63, 3.8) is 0 Å². The first-order valence-corrected chi connectivity index (χ1v) is 20.5. The minimum Gasteiger partial charge on any atom is -0.374 e. The summed E-state index contributed by atoms with van der Waals surface area (Å²) in [6.07, 6.45) is 1.22. The van der Waals surface area contributed by atoms with Crippen LogP contribution in [-0.4, -0.2) is 98.7 Å². The summed E-state index contributed by atoms with van der Waals surface area (Å²) in [5.41, 5.74) is -0.614. The van der Waals surface area contributed by atoms with E-state index in [4.69, 9.17) is 23.8 Å². The molecule has 0 radical (unpaired) electrons. The molecule has 1 unspecified atom stereocenters. The summed E-state index contributed by atoms with van der Waals surface area (Å²) in [6.45, 7) is 10.5. The number of halogens is 4. The fourth-order valence-electron chi connectivity index (χ4n) is 8.79. The van der Waals surface area contributed by atoms with Crippen LogP contribution in [0.5, 0.6) is 0 Å². The molecule has 17 heteroatoms. The molecule has 3 atom stereocenters. The number of benzene rings is 2. The molecule has 2 aromatic carbocycles. The monoisotopic (exact) mass is 841 g/mol.